The molecule has 0 spiro atoms. The van der Waals surface area contributed by atoms with Crippen molar-refractivity contribution < 1.29 is 15.0 Å². The molecule has 0 aliphatic carbocycles. The molecule has 1 aromatic heterocycles. The molecule has 1 heterocycles. The zero-order valence-corrected chi connectivity index (χ0v) is 14.1. The Balaban J connectivity index is 1.97. The van der Waals surface area contributed by atoms with Crippen molar-refractivity contribution in [1.82, 2.24) is 9.97 Å². The van der Waals surface area contributed by atoms with Crippen LogP contribution >= 0.6 is 27.7 Å². The van der Waals surface area contributed by atoms with Gasteiger partial charge in [0.05, 0.1) is 11.0 Å². The largest absolute Gasteiger partial charge is 0.507 e. The molecule has 7 heteroatoms. The highest BCUT2D eigenvalue weighted by Gasteiger charge is 2.14. The number of H-pyrrole nitrogens is 1. The van der Waals surface area contributed by atoms with Gasteiger partial charge in [-0.1, -0.05) is 28.1 Å². The zero-order chi connectivity index (χ0) is 16.4. The van der Waals surface area contributed by atoms with Crippen molar-refractivity contribution in [2.45, 2.75) is 5.16 Å². The van der Waals surface area contributed by atoms with Crippen LogP contribution in [0.5, 0.6) is 5.75 Å². The number of phenols is 1. The first-order valence-corrected chi connectivity index (χ1v) is 8.20. The second-order valence-electron chi connectivity index (χ2n) is 4.68. The molecule has 5 nitrogen and oxygen atoms in total. The summed E-state index contributed by atoms with van der Waals surface area (Å²) in [5, 5.41) is 19.7. The number of carboxylic acid groups (broad SMARTS) is 1. The number of aliphatic carboxylic acids is 1. The number of fused-ring (bicyclic) bond motifs is 1. The minimum atomic E-state index is -1.09. The predicted molar refractivity (Wildman–Crippen MR) is 93.4 cm³/mol. The highest BCUT2D eigenvalue weighted by molar-refractivity contribution is 9.10. The van der Waals surface area contributed by atoms with Crippen LogP contribution in [0.4, 0.5) is 0 Å². The number of nitrogens with one attached hydrogen (secondary N) is 1. The monoisotopic (exact) mass is 390 g/mol. The Labute approximate surface area is 144 Å². The van der Waals surface area contributed by atoms with Crippen molar-refractivity contribution in [3.63, 3.8) is 0 Å². The van der Waals surface area contributed by atoms with Crippen molar-refractivity contribution >= 4 is 50.8 Å². The van der Waals surface area contributed by atoms with Crippen LogP contribution in [0.3, 0.4) is 0 Å². The van der Waals surface area contributed by atoms with Crippen LogP contribution in [0.25, 0.3) is 17.1 Å². The van der Waals surface area contributed by atoms with E-state index in [2.05, 4.69) is 25.9 Å². The van der Waals surface area contributed by atoms with E-state index in [0.29, 0.717) is 10.7 Å². The van der Waals surface area contributed by atoms with Crippen molar-refractivity contribution in [2.24, 2.45) is 0 Å². The molecule has 0 saturated heterocycles. The molecule has 3 aromatic rings. The topological polar surface area (TPSA) is 86.2 Å². The summed E-state index contributed by atoms with van der Waals surface area (Å²) in [6.45, 7) is 0. The second kappa shape index (κ2) is 6.47. The first kappa shape index (κ1) is 15.6. The number of thioether (sulfide) groups is 1. The van der Waals surface area contributed by atoms with Gasteiger partial charge in [0.2, 0.25) is 0 Å². The molecule has 23 heavy (non-hydrogen) atoms. The molecule has 2 aromatic carbocycles. The van der Waals surface area contributed by atoms with E-state index in [1.807, 2.05) is 24.3 Å². The van der Waals surface area contributed by atoms with Crippen LogP contribution in [0.2, 0.25) is 0 Å². The van der Waals surface area contributed by atoms with Crippen LogP contribution in [0.15, 0.2) is 57.0 Å². The number of nitrogens with zero attached hydrogens (tertiary/aromatic N) is 1. The van der Waals surface area contributed by atoms with Gasteiger partial charge in [0.1, 0.15) is 10.7 Å². The summed E-state index contributed by atoms with van der Waals surface area (Å²) in [5.74, 6) is -1.08. The van der Waals surface area contributed by atoms with Crippen LogP contribution in [0, 0.1) is 0 Å². The maximum Gasteiger partial charge on any atom is 0.342 e. The highest BCUT2D eigenvalue weighted by atomic mass is 79.9. The quantitative estimate of drug-likeness (QED) is 0.457. The van der Waals surface area contributed by atoms with Crippen molar-refractivity contribution in [1.29, 1.82) is 0 Å². The van der Waals surface area contributed by atoms with E-state index < -0.39 is 5.97 Å². The first-order chi connectivity index (χ1) is 11.0. The lowest BCUT2D eigenvalue weighted by Gasteiger charge is -2.03. The molecule has 0 radical (unpaired) electrons. The van der Waals surface area contributed by atoms with E-state index in [-0.39, 0.29) is 10.7 Å². The second-order valence-corrected chi connectivity index (χ2v) is 6.62. The Morgan fingerprint density at radius 2 is 2.04 bits per heavy atom. The summed E-state index contributed by atoms with van der Waals surface area (Å²) in [6, 6.07) is 12.3. The Morgan fingerprint density at radius 1 is 1.26 bits per heavy atom. The van der Waals surface area contributed by atoms with Crippen LogP contribution in [-0.4, -0.2) is 26.2 Å². The first-order valence-electron chi connectivity index (χ1n) is 6.59. The molecule has 0 aliphatic heterocycles. The van der Waals surface area contributed by atoms with E-state index in [4.69, 9.17) is 0 Å². The molecule has 0 bridgehead atoms. The number of aromatic amines is 1. The molecule has 0 amide bonds. The Hall–Kier alpha value is -2.25. The maximum absolute atomic E-state index is 11.5. The summed E-state index contributed by atoms with van der Waals surface area (Å²) in [4.78, 5) is 19.0. The van der Waals surface area contributed by atoms with Gasteiger partial charge >= 0.3 is 5.97 Å². The lowest BCUT2D eigenvalue weighted by atomic mass is 10.2. The summed E-state index contributed by atoms with van der Waals surface area (Å²) in [5.41, 5.74) is 2.02. The molecular formula is C16H11BrN2O3S. The van der Waals surface area contributed by atoms with Crippen LogP contribution in [0.1, 0.15) is 5.56 Å². The molecule has 0 atom stereocenters. The van der Waals surface area contributed by atoms with Gasteiger partial charge in [0, 0.05) is 10.0 Å². The summed E-state index contributed by atoms with van der Waals surface area (Å²) < 4.78 is 0.750. The minimum Gasteiger partial charge on any atom is -0.507 e. The third-order valence-corrected chi connectivity index (χ3v) is 4.45. The number of hydrogen-bond acceptors (Lipinski definition) is 4. The van der Waals surface area contributed by atoms with Crippen LogP contribution < -0.4 is 0 Å². The molecule has 0 saturated carbocycles. The fourth-order valence-electron chi connectivity index (χ4n) is 2.00. The van der Waals surface area contributed by atoms with E-state index in [1.165, 1.54) is 12.1 Å². The summed E-state index contributed by atoms with van der Waals surface area (Å²) in [7, 11) is 0. The van der Waals surface area contributed by atoms with Crippen LogP contribution in [-0.2, 0) is 4.79 Å². The molecule has 3 rings (SSSR count). The van der Waals surface area contributed by atoms with Gasteiger partial charge in [0.15, 0.2) is 5.16 Å². The molecule has 116 valence electrons. The Bertz CT molecular complexity index is 888. The fourth-order valence-corrected chi connectivity index (χ4v) is 3.16. The van der Waals surface area contributed by atoms with E-state index in [0.717, 1.165) is 27.3 Å². The SMILES string of the molecule is O=C(O)/C(=C/c1cc(Br)ccc1O)Sc1nc2ccccc2[nH]1. The number of hydrogen-bond donors (Lipinski definition) is 3. The third-order valence-electron chi connectivity index (χ3n) is 3.06. The summed E-state index contributed by atoms with van der Waals surface area (Å²) in [6.07, 6.45) is 1.42. The Kier molecular flexibility index (Phi) is 4.40. The van der Waals surface area contributed by atoms with Gasteiger partial charge in [0.25, 0.3) is 0 Å². The standard InChI is InChI=1S/C16H11BrN2O3S/c17-10-5-6-13(20)9(7-10)8-14(15(21)22)23-16-18-11-3-1-2-4-12(11)19-16/h1-8,20H,(H,18,19)(H,21,22)/b14-8-. The Morgan fingerprint density at radius 3 is 2.78 bits per heavy atom. The highest BCUT2D eigenvalue weighted by Crippen LogP contribution is 2.31. The fraction of sp³-hybridized carbons (Fsp3) is 0. The average Bonchev–Trinajstić information content (AvgIpc) is 2.92. The van der Waals surface area contributed by atoms with Gasteiger partial charge in [-0.05, 0) is 48.2 Å². The van der Waals surface area contributed by atoms with E-state index >= 15 is 0 Å². The van der Waals surface area contributed by atoms with Gasteiger partial charge in [-0.15, -0.1) is 0 Å². The molecule has 0 fully saturated rings. The number of aromatic nitrogens is 2. The maximum atomic E-state index is 11.5. The number of halogens is 1. The lowest BCUT2D eigenvalue weighted by Crippen LogP contribution is -1.97. The zero-order valence-electron chi connectivity index (χ0n) is 11.7. The number of imidazole rings is 1. The van der Waals surface area contributed by atoms with Gasteiger partial charge in [-0.3, -0.25) is 0 Å². The minimum absolute atomic E-state index is 0.0113. The van der Waals surface area contributed by atoms with E-state index in [9.17, 15) is 15.0 Å². The van der Waals surface area contributed by atoms with Gasteiger partial charge in [-0.2, -0.15) is 0 Å². The number of carbonyl (C=O) groups is 1. The number of aromatic hydroxyl groups is 1. The number of carboxylic acids is 1. The normalized spacial score (nSPS) is 11.8. The number of benzene rings is 2. The van der Waals surface area contributed by atoms with Crippen molar-refractivity contribution in [2.75, 3.05) is 0 Å². The smallest absolute Gasteiger partial charge is 0.342 e. The summed E-state index contributed by atoms with van der Waals surface area (Å²) >= 11 is 4.30. The molecular weight excluding hydrogens is 380 g/mol. The number of rotatable bonds is 4. The van der Waals surface area contributed by atoms with E-state index in [1.54, 1.807) is 12.1 Å². The number of para-hydroxylation sites is 2. The lowest BCUT2D eigenvalue weighted by molar-refractivity contribution is -0.131. The number of phenolic OH excluding ortho intramolecular Hbond substituents is 1. The van der Waals surface area contributed by atoms with Gasteiger partial charge in [-0.25, -0.2) is 9.78 Å². The predicted octanol–water partition coefficient (Wildman–Crippen LogP) is 4.25. The molecule has 0 unspecified atom stereocenters. The van der Waals surface area contributed by atoms with Crippen molar-refractivity contribution in [3.8, 4) is 5.75 Å². The molecule has 3 N–H and O–H groups in total. The van der Waals surface area contributed by atoms with Gasteiger partial charge < -0.3 is 15.2 Å². The van der Waals surface area contributed by atoms with Crippen molar-refractivity contribution in [3.05, 3.63) is 57.4 Å². The average molecular weight is 391 g/mol. The molecule has 0 aliphatic rings. The third kappa shape index (κ3) is 3.57.